The van der Waals surface area contributed by atoms with Crippen molar-refractivity contribution in [3.63, 3.8) is 0 Å². The van der Waals surface area contributed by atoms with Crippen molar-refractivity contribution in [3.05, 3.63) is 47.4 Å². The van der Waals surface area contributed by atoms with Crippen molar-refractivity contribution in [1.82, 2.24) is 15.0 Å². The highest BCUT2D eigenvalue weighted by molar-refractivity contribution is 5.37. The Labute approximate surface area is 97.9 Å². The second kappa shape index (κ2) is 4.84. The van der Waals surface area contributed by atoms with Crippen molar-refractivity contribution in [2.45, 2.75) is 13.3 Å². The molecule has 0 radical (unpaired) electrons. The number of anilines is 1. The highest BCUT2D eigenvalue weighted by Gasteiger charge is 2.10. The molecule has 0 saturated carbocycles. The molecule has 6 heteroatoms. The molecule has 2 heterocycles. The molecule has 0 amide bonds. The molecule has 3 N–H and O–H groups in total. The molecular formula is C11H12FN5. The molecule has 0 aromatic carbocycles. The van der Waals surface area contributed by atoms with Crippen LogP contribution in [-0.4, -0.2) is 15.0 Å². The van der Waals surface area contributed by atoms with Gasteiger partial charge in [-0.3, -0.25) is 4.98 Å². The Morgan fingerprint density at radius 1 is 1.41 bits per heavy atom. The number of rotatable bonds is 3. The van der Waals surface area contributed by atoms with Gasteiger partial charge >= 0.3 is 0 Å². The fourth-order valence-corrected chi connectivity index (χ4v) is 1.48. The topological polar surface area (TPSA) is 76.7 Å². The molecule has 88 valence electrons. The first-order chi connectivity index (χ1) is 8.20. The molecule has 0 aliphatic carbocycles. The third-order valence-corrected chi connectivity index (χ3v) is 2.28. The Morgan fingerprint density at radius 2 is 2.24 bits per heavy atom. The molecule has 2 aromatic rings. The average Bonchev–Trinajstić information content (AvgIpc) is 2.35. The van der Waals surface area contributed by atoms with Crippen molar-refractivity contribution in [3.8, 4) is 0 Å². The van der Waals surface area contributed by atoms with E-state index in [0.717, 1.165) is 5.56 Å². The summed E-state index contributed by atoms with van der Waals surface area (Å²) < 4.78 is 13.4. The van der Waals surface area contributed by atoms with Crippen molar-refractivity contribution in [1.29, 1.82) is 0 Å². The Kier molecular flexibility index (Phi) is 3.24. The summed E-state index contributed by atoms with van der Waals surface area (Å²) in [4.78, 5) is 12.1. The van der Waals surface area contributed by atoms with Gasteiger partial charge in [0.05, 0.1) is 5.69 Å². The number of nitrogens with zero attached hydrogens (tertiary/aromatic N) is 3. The van der Waals surface area contributed by atoms with Gasteiger partial charge in [-0.2, -0.15) is 0 Å². The number of aromatic nitrogens is 3. The van der Waals surface area contributed by atoms with E-state index in [2.05, 4.69) is 20.4 Å². The number of halogens is 1. The summed E-state index contributed by atoms with van der Waals surface area (Å²) in [6.45, 7) is 1.57. The summed E-state index contributed by atoms with van der Waals surface area (Å²) in [5.41, 5.74) is 3.45. The SMILES string of the molecule is Cc1nc(Cc2cccnc2)nc(NN)c1F. The number of aryl methyl sites for hydroxylation is 1. The third kappa shape index (κ3) is 2.54. The minimum atomic E-state index is -0.526. The molecule has 17 heavy (non-hydrogen) atoms. The minimum absolute atomic E-state index is 0.0105. The van der Waals surface area contributed by atoms with Crippen molar-refractivity contribution >= 4 is 5.82 Å². The molecule has 0 bridgehead atoms. The highest BCUT2D eigenvalue weighted by Crippen LogP contribution is 2.14. The second-order valence-electron chi connectivity index (χ2n) is 3.57. The molecule has 0 spiro atoms. The van der Waals surface area contributed by atoms with Gasteiger partial charge in [-0.25, -0.2) is 20.2 Å². The molecule has 2 rings (SSSR count). The quantitative estimate of drug-likeness (QED) is 0.615. The van der Waals surface area contributed by atoms with Crippen LogP contribution in [-0.2, 0) is 6.42 Å². The smallest absolute Gasteiger partial charge is 0.187 e. The number of nitrogens with two attached hydrogens (primary N) is 1. The number of hydrazine groups is 1. The number of nitrogen functional groups attached to an aromatic ring is 1. The number of hydrogen-bond acceptors (Lipinski definition) is 5. The van der Waals surface area contributed by atoms with Crippen LogP contribution in [0.5, 0.6) is 0 Å². The fraction of sp³-hybridized carbons (Fsp3) is 0.182. The summed E-state index contributed by atoms with van der Waals surface area (Å²) in [5, 5.41) is 0. The summed E-state index contributed by atoms with van der Waals surface area (Å²) in [7, 11) is 0. The Hall–Kier alpha value is -2.08. The maximum absolute atomic E-state index is 13.4. The lowest BCUT2D eigenvalue weighted by Gasteiger charge is -2.06. The molecule has 0 saturated heterocycles. The standard InChI is InChI=1S/C11H12FN5/c1-7-10(12)11(17-13)16-9(15-7)5-8-3-2-4-14-6-8/h2-4,6H,5,13H2,1H3,(H,15,16,17). The van der Waals surface area contributed by atoms with E-state index in [0.29, 0.717) is 12.2 Å². The van der Waals surface area contributed by atoms with Crippen molar-refractivity contribution in [2.24, 2.45) is 5.84 Å². The average molecular weight is 233 g/mol. The van der Waals surface area contributed by atoms with Crippen LogP contribution in [0.15, 0.2) is 24.5 Å². The van der Waals surface area contributed by atoms with Gasteiger partial charge in [-0.15, -0.1) is 0 Å². The Morgan fingerprint density at radius 3 is 2.88 bits per heavy atom. The lowest BCUT2D eigenvalue weighted by Crippen LogP contribution is -2.14. The molecule has 0 unspecified atom stereocenters. The van der Waals surface area contributed by atoms with Gasteiger partial charge in [0.25, 0.3) is 0 Å². The zero-order chi connectivity index (χ0) is 12.3. The molecule has 2 aromatic heterocycles. The van der Waals surface area contributed by atoms with Crippen LogP contribution < -0.4 is 11.3 Å². The summed E-state index contributed by atoms with van der Waals surface area (Å²) in [5.74, 6) is 5.18. The Balaban J connectivity index is 2.31. The molecule has 0 fully saturated rings. The van der Waals surface area contributed by atoms with Gasteiger partial charge in [-0.05, 0) is 18.6 Å². The molecule has 5 nitrogen and oxygen atoms in total. The predicted molar refractivity (Wildman–Crippen MR) is 61.6 cm³/mol. The van der Waals surface area contributed by atoms with E-state index < -0.39 is 5.82 Å². The van der Waals surface area contributed by atoms with E-state index in [9.17, 15) is 4.39 Å². The molecule has 0 aliphatic rings. The van der Waals surface area contributed by atoms with Crippen molar-refractivity contribution in [2.75, 3.05) is 5.43 Å². The number of nitrogens with one attached hydrogen (secondary N) is 1. The van der Waals surface area contributed by atoms with Crippen molar-refractivity contribution < 1.29 is 4.39 Å². The van der Waals surface area contributed by atoms with Crippen LogP contribution in [0.3, 0.4) is 0 Å². The van der Waals surface area contributed by atoms with E-state index in [-0.39, 0.29) is 11.5 Å². The first kappa shape index (κ1) is 11.4. The van der Waals surface area contributed by atoms with Crippen LogP contribution in [0, 0.1) is 12.7 Å². The van der Waals surface area contributed by atoms with Gasteiger partial charge in [0.2, 0.25) is 0 Å². The second-order valence-corrected chi connectivity index (χ2v) is 3.57. The number of pyridine rings is 1. The van der Waals surface area contributed by atoms with Crippen LogP contribution in [0.25, 0.3) is 0 Å². The first-order valence-electron chi connectivity index (χ1n) is 5.09. The van der Waals surface area contributed by atoms with Gasteiger partial charge in [0.1, 0.15) is 5.82 Å². The lowest BCUT2D eigenvalue weighted by molar-refractivity contribution is 0.601. The van der Waals surface area contributed by atoms with Crippen LogP contribution in [0.2, 0.25) is 0 Å². The van der Waals surface area contributed by atoms with E-state index in [1.54, 1.807) is 19.3 Å². The molecule has 0 atom stereocenters. The third-order valence-electron chi connectivity index (χ3n) is 2.28. The zero-order valence-electron chi connectivity index (χ0n) is 9.31. The monoisotopic (exact) mass is 233 g/mol. The van der Waals surface area contributed by atoms with Gasteiger partial charge in [0.15, 0.2) is 11.6 Å². The maximum Gasteiger partial charge on any atom is 0.187 e. The van der Waals surface area contributed by atoms with E-state index in [4.69, 9.17) is 5.84 Å². The van der Waals surface area contributed by atoms with Crippen LogP contribution >= 0.6 is 0 Å². The van der Waals surface area contributed by atoms with Gasteiger partial charge < -0.3 is 5.43 Å². The van der Waals surface area contributed by atoms with Gasteiger partial charge in [-0.1, -0.05) is 6.07 Å². The first-order valence-corrected chi connectivity index (χ1v) is 5.09. The molecule has 0 aliphatic heterocycles. The summed E-state index contributed by atoms with van der Waals surface area (Å²) in [6, 6.07) is 3.73. The largest absolute Gasteiger partial charge is 0.306 e. The summed E-state index contributed by atoms with van der Waals surface area (Å²) >= 11 is 0. The summed E-state index contributed by atoms with van der Waals surface area (Å²) in [6.07, 6.45) is 3.90. The molecular weight excluding hydrogens is 221 g/mol. The van der Waals surface area contributed by atoms with E-state index >= 15 is 0 Å². The zero-order valence-corrected chi connectivity index (χ0v) is 9.31. The highest BCUT2D eigenvalue weighted by atomic mass is 19.1. The number of hydrogen-bond donors (Lipinski definition) is 2. The van der Waals surface area contributed by atoms with Crippen LogP contribution in [0.4, 0.5) is 10.2 Å². The van der Waals surface area contributed by atoms with E-state index in [1.807, 2.05) is 12.1 Å². The Bertz CT molecular complexity index is 515. The fourth-order valence-electron chi connectivity index (χ4n) is 1.48. The minimum Gasteiger partial charge on any atom is -0.306 e. The lowest BCUT2D eigenvalue weighted by atomic mass is 10.2. The normalized spacial score (nSPS) is 10.3. The van der Waals surface area contributed by atoms with E-state index in [1.165, 1.54) is 0 Å². The predicted octanol–water partition coefficient (Wildman–Crippen LogP) is 1.20. The maximum atomic E-state index is 13.4. The van der Waals surface area contributed by atoms with Gasteiger partial charge in [0, 0.05) is 18.8 Å². The van der Waals surface area contributed by atoms with Crippen LogP contribution in [0.1, 0.15) is 17.1 Å².